The summed E-state index contributed by atoms with van der Waals surface area (Å²) in [5, 5.41) is 27.9. The van der Waals surface area contributed by atoms with Crippen molar-refractivity contribution in [1.29, 1.82) is 0 Å². The van der Waals surface area contributed by atoms with Gasteiger partial charge in [-0.3, -0.25) is 4.79 Å². The molecule has 0 heterocycles. The Hall–Kier alpha value is -1.79. The number of phenolic OH excluding ortho intramolecular Hbond substituents is 2. The van der Waals surface area contributed by atoms with E-state index in [1.165, 1.54) is 12.1 Å². The summed E-state index contributed by atoms with van der Waals surface area (Å²) in [5.41, 5.74) is 11.8. The van der Waals surface area contributed by atoms with Crippen molar-refractivity contribution >= 4 is 5.97 Å². The topological polar surface area (TPSA) is 130 Å². The van der Waals surface area contributed by atoms with Crippen LogP contribution in [0.15, 0.2) is 18.2 Å². The van der Waals surface area contributed by atoms with Gasteiger partial charge in [0.15, 0.2) is 0 Å². The van der Waals surface area contributed by atoms with Crippen LogP contribution < -0.4 is 11.5 Å². The Bertz CT molecular complexity index is 451. The van der Waals surface area contributed by atoms with E-state index >= 15 is 0 Å². The zero-order chi connectivity index (χ0) is 15.1. The molecule has 0 spiro atoms. The predicted molar refractivity (Wildman–Crippen MR) is 75.5 cm³/mol. The molecule has 7 N–H and O–H groups in total. The maximum atomic E-state index is 11.0. The Morgan fingerprint density at radius 1 is 1.25 bits per heavy atom. The summed E-state index contributed by atoms with van der Waals surface area (Å²) in [7, 11) is 0. The summed E-state index contributed by atoms with van der Waals surface area (Å²) in [6, 6.07) is 3.44. The first-order chi connectivity index (χ1) is 9.45. The van der Waals surface area contributed by atoms with Gasteiger partial charge in [-0.2, -0.15) is 0 Å². The number of aryl methyl sites for hydroxylation is 1. The van der Waals surface area contributed by atoms with Crippen LogP contribution >= 0.6 is 0 Å². The summed E-state index contributed by atoms with van der Waals surface area (Å²) in [6.45, 7) is 0.493. The third-order valence-corrected chi connectivity index (χ3v) is 3.43. The largest absolute Gasteiger partial charge is 0.508 e. The third kappa shape index (κ3) is 4.71. The van der Waals surface area contributed by atoms with Gasteiger partial charge in [0, 0.05) is 6.07 Å². The molecule has 0 aliphatic heterocycles. The van der Waals surface area contributed by atoms with Crippen LogP contribution in [0, 0.1) is 5.92 Å². The predicted octanol–water partition coefficient (Wildman–Crippen LogP) is 0.797. The molecule has 0 aliphatic rings. The van der Waals surface area contributed by atoms with Crippen molar-refractivity contribution in [3.63, 3.8) is 0 Å². The molecule has 0 amide bonds. The summed E-state index contributed by atoms with van der Waals surface area (Å²) in [4.78, 5) is 11.0. The smallest absolute Gasteiger partial charge is 0.320 e. The van der Waals surface area contributed by atoms with E-state index in [-0.39, 0.29) is 17.4 Å². The monoisotopic (exact) mass is 282 g/mol. The summed E-state index contributed by atoms with van der Waals surface area (Å²) >= 11 is 0. The number of carbonyl (C=O) groups is 1. The molecule has 1 aromatic rings. The van der Waals surface area contributed by atoms with Crippen molar-refractivity contribution in [1.82, 2.24) is 0 Å². The lowest BCUT2D eigenvalue weighted by atomic mass is 9.89. The molecule has 0 aliphatic carbocycles. The van der Waals surface area contributed by atoms with Gasteiger partial charge < -0.3 is 26.8 Å². The molecular formula is C14H22N2O4. The minimum absolute atomic E-state index is 0.00599. The lowest BCUT2D eigenvalue weighted by Gasteiger charge is -2.20. The fourth-order valence-electron chi connectivity index (χ4n) is 2.19. The summed E-state index contributed by atoms with van der Waals surface area (Å²) < 4.78 is 0. The standard InChI is InChI=1S/C14H22N2O4/c15-7-1-2-10(13(16)14(19)20)4-3-9-5-6-11(17)8-12(9)18/h5-6,8,10,13,17-18H,1-4,7,15-16H2,(H,19,20)/t10?,13-/m0/s1. The van der Waals surface area contributed by atoms with Crippen LogP contribution in [-0.4, -0.2) is 33.9 Å². The lowest BCUT2D eigenvalue weighted by molar-refractivity contribution is -0.140. The molecule has 1 unspecified atom stereocenters. The average molecular weight is 282 g/mol. The molecule has 20 heavy (non-hydrogen) atoms. The van der Waals surface area contributed by atoms with Gasteiger partial charge in [0.1, 0.15) is 17.5 Å². The number of benzene rings is 1. The molecule has 6 nitrogen and oxygen atoms in total. The van der Waals surface area contributed by atoms with Gasteiger partial charge in [0.25, 0.3) is 0 Å². The van der Waals surface area contributed by atoms with E-state index in [1.807, 2.05) is 0 Å². The number of hydrogen-bond acceptors (Lipinski definition) is 5. The summed E-state index contributed by atoms with van der Waals surface area (Å²) in [6.07, 6.45) is 2.41. The number of carboxylic acid groups (broad SMARTS) is 1. The lowest BCUT2D eigenvalue weighted by Crippen LogP contribution is -2.38. The Morgan fingerprint density at radius 2 is 1.95 bits per heavy atom. The number of carboxylic acids is 1. The minimum atomic E-state index is -1.03. The van der Waals surface area contributed by atoms with Crippen LogP contribution in [-0.2, 0) is 11.2 Å². The van der Waals surface area contributed by atoms with Gasteiger partial charge in [-0.25, -0.2) is 0 Å². The second kappa shape index (κ2) is 7.72. The van der Waals surface area contributed by atoms with Gasteiger partial charge in [-0.05, 0) is 49.8 Å². The quantitative estimate of drug-likeness (QED) is 0.479. The van der Waals surface area contributed by atoms with Gasteiger partial charge in [0.2, 0.25) is 0 Å². The third-order valence-electron chi connectivity index (χ3n) is 3.43. The second-order valence-electron chi connectivity index (χ2n) is 4.91. The highest BCUT2D eigenvalue weighted by molar-refractivity contribution is 5.73. The zero-order valence-electron chi connectivity index (χ0n) is 11.3. The normalized spacial score (nSPS) is 13.9. The van der Waals surface area contributed by atoms with E-state index in [0.717, 1.165) is 0 Å². The number of hydrogen-bond donors (Lipinski definition) is 5. The van der Waals surface area contributed by atoms with Crippen molar-refractivity contribution in [2.24, 2.45) is 17.4 Å². The van der Waals surface area contributed by atoms with Crippen molar-refractivity contribution in [2.45, 2.75) is 31.7 Å². The molecule has 0 saturated carbocycles. The number of nitrogens with two attached hydrogens (primary N) is 2. The number of aliphatic carboxylic acids is 1. The molecule has 112 valence electrons. The fourth-order valence-corrected chi connectivity index (χ4v) is 2.19. The molecule has 0 saturated heterocycles. The Morgan fingerprint density at radius 3 is 2.50 bits per heavy atom. The van der Waals surface area contributed by atoms with E-state index in [4.69, 9.17) is 16.6 Å². The maximum absolute atomic E-state index is 11.0. The molecule has 6 heteroatoms. The molecule has 0 aromatic heterocycles. The molecule has 0 radical (unpaired) electrons. The van der Waals surface area contributed by atoms with Crippen molar-refractivity contribution in [3.8, 4) is 11.5 Å². The van der Waals surface area contributed by atoms with Crippen molar-refractivity contribution in [3.05, 3.63) is 23.8 Å². The molecule has 0 fully saturated rings. The summed E-state index contributed by atoms with van der Waals surface area (Å²) in [5.74, 6) is -1.22. The first kappa shape index (κ1) is 16.3. The highest BCUT2D eigenvalue weighted by Crippen LogP contribution is 2.26. The van der Waals surface area contributed by atoms with Crippen LogP contribution in [0.3, 0.4) is 0 Å². The van der Waals surface area contributed by atoms with Crippen LogP contribution in [0.5, 0.6) is 11.5 Å². The Balaban J connectivity index is 2.67. The minimum Gasteiger partial charge on any atom is -0.508 e. The number of aromatic hydroxyl groups is 2. The fraction of sp³-hybridized carbons (Fsp3) is 0.500. The maximum Gasteiger partial charge on any atom is 0.320 e. The van der Waals surface area contributed by atoms with Crippen LogP contribution in [0.4, 0.5) is 0 Å². The SMILES string of the molecule is NCCCC(CCc1ccc(O)cc1O)[C@H](N)C(=O)O. The highest BCUT2D eigenvalue weighted by Gasteiger charge is 2.23. The molecular weight excluding hydrogens is 260 g/mol. The van der Waals surface area contributed by atoms with Crippen molar-refractivity contribution in [2.75, 3.05) is 6.54 Å². The number of rotatable bonds is 8. The van der Waals surface area contributed by atoms with E-state index in [9.17, 15) is 15.0 Å². The first-order valence-corrected chi connectivity index (χ1v) is 6.65. The van der Waals surface area contributed by atoms with E-state index in [0.29, 0.717) is 37.8 Å². The molecule has 0 bridgehead atoms. The van der Waals surface area contributed by atoms with Crippen LogP contribution in [0.2, 0.25) is 0 Å². The van der Waals surface area contributed by atoms with Crippen molar-refractivity contribution < 1.29 is 20.1 Å². The zero-order valence-corrected chi connectivity index (χ0v) is 11.3. The van der Waals surface area contributed by atoms with E-state index in [2.05, 4.69) is 0 Å². The first-order valence-electron chi connectivity index (χ1n) is 6.65. The van der Waals surface area contributed by atoms with Gasteiger partial charge >= 0.3 is 5.97 Å². The molecule has 1 aromatic carbocycles. The number of phenols is 2. The average Bonchev–Trinajstić information content (AvgIpc) is 2.40. The van der Waals surface area contributed by atoms with Gasteiger partial charge in [-0.15, -0.1) is 0 Å². The van der Waals surface area contributed by atoms with Gasteiger partial charge in [-0.1, -0.05) is 6.07 Å². The Kier molecular flexibility index (Phi) is 6.27. The van der Waals surface area contributed by atoms with E-state index < -0.39 is 12.0 Å². The Labute approximate surface area is 118 Å². The van der Waals surface area contributed by atoms with Crippen LogP contribution in [0.25, 0.3) is 0 Å². The van der Waals surface area contributed by atoms with Gasteiger partial charge in [0.05, 0.1) is 0 Å². The molecule has 1 rings (SSSR count). The highest BCUT2D eigenvalue weighted by atomic mass is 16.4. The molecule has 2 atom stereocenters. The van der Waals surface area contributed by atoms with E-state index in [1.54, 1.807) is 6.07 Å². The second-order valence-corrected chi connectivity index (χ2v) is 4.91. The van der Waals surface area contributed by atoms with Crippen LogP contribution in [0.1, 0.15) is 24.8 Å².